The van der Waals surface area contributed by atoms with Crippen LogP contribution in [0.1, 0.15) is 32.0 Å². The zero-order valence-electron chi connectivity index (χ0n) is 13.9. The maximum atomic E-state index is 12.5. The Morgan fingerprint density at radius 2 is 2.00 bits per heavy atom. The van der Waals surface area contributed by atoms with Crippen LogP contribution in [0.5, 0.6) is 0 Å². The number of nitriles is 1. The first kappa shape index (κ1) is 17.5. The van der Waals surface area contributed by atoms with Crippen LogP contribution in [0.3, 0.4) is 0 Å². The number of hydrogen-bond acceptors (Lipinski definition) is 3. The van der Waals surface area contributed by atoms with E-state index < -0.39 is 5.91 Å². The van der Waals surface area contributed by atoms with E-state index in [0.29, 0.717) is 16.3 Å². The van der Waals surface area contributed by atoms with Gasteiger partial charge in [-0.2, -0.15) is 5.26 Å². The van der Waals surface area contributed by atoms with Gasteiger partial charge in [0.05, 0.1) is 17.2 Å². The lowest BCUT2D eigenvalue weighted by atomic mass is 10.0. The van der Waals surface area contributed by atoms with Gasteiger partial charge in [0.1, 0.15) is 5.69 Å². The van der Waals surface area contributed by atoms with E-state index in [1.54, 1.807) is 41.9 Å². The Labute approximate surface area is 154 Å². The van der Waals surface area contributed by atoms with Gasteiger partial charge in [-0.15, -0.1) is 0 Å². The number of hydrogen-bond donors (Lipinski definition) is 2. The molecule has 7 heteroatoms. The highest BCUT2D eigenvalue weighted by Crippen LogP contribution is 2.22. The molecule has 0 aliphatic heterocycles. The van der Waals surface area contributed by atoms with Gasteiger partial charge in [0.15, 0.2) is 0 Å². The Morgan fingerprint density at radius 3 is 2.69 bits per heavy atom. The number of nitrogens with zero attached hydrogens (tertiary/aromatic N) is 2. The summed E-state index contributed by atoms with van der Waals surface area (Å²) in [6.45, 7) is 0.217. The van der Waals surface area contributed by atoms with Crippen molar-refractivity contribution in [1.29, 1.82) is 5.26 Å². The first-order valence-corrected chi connectivity index (χ1v) is 8.14. The standard InChI is InChI=1S/C19H15ClN4O2/c1-24-16-8-14(20)4-3-12(16)7-17(24)19(26)23-10-11-2-5-15(18(22)25)13(6-11)9-21/h2-8H,10H2,1H3,(H2,22,25)(H,23,26). The topological polar surface area (TPSA) is 101 Å². The molecule has 130 valence electrons. The third-order valence-electron chi connectivity index (χ3n) is 4.16. The van der Waals surface area contributed by atoms with Crippen LogP contribution >= 0.6 is 11.6 Å². The molecule has 3 N–H and O–H groups in total. The Bertz CT molecular complexity index is 1080. The Balaban J connectivity index is 1.80. The smallest absolute Gasteiger partial charge is 0.268 e. The molecule has 2 amide bonds. The average Bonchev–Trinajstić information content (AvgIpc) is 2.95. The predicted octanol–water partition coefficient (Wildman–Crippen LogP) is 2.73. The molecule has 0 saturated carbocycles. The summed E-state index contributed by atoms with van der Waals surface area (Å²) in [7, 11) is 1.79. The molecule has 2 aromatic carbocycles. The van der Waals surface area contributed by atoms with Gasteiger partial charge in [-0.25, -0.2) is 0 Å². The number of carbonyl (C=O) groups is 2. The molecule has 0 fully saturated rings. The largest absolute Gasteiger partial charge is 0.366 e. The summed E-state index contributed by atoms with van der Waals surface area (Å²) in [5, 5.41) is 13.5. The van der Waals surface area contributed by atoms with Crippen LogP contribution in [-0.2, 0) is 13.6 Å². The number of aromatic nitrogens is 1. The molecule has 1 aromatic heterocycles. The van der Waals surface area contributed by atoms with Gasteiger partial charge >= 0.3 is 0 Å². The van der Waals surface area contributed by atoms with Crippen molar-refractivity contribution in [3.63, 3.8) is 0 Å². The summed E-state index contributed by atoms with van der Waals surface area (Å²) in [5.41, 5.74) is 7.63. The second-order valence-corrected chi connectivity index (χ2v) is 6.27. The summed E-state index contributed by atoms with van der Waals surface area (Å²) < 4.78 is 1.77. The minimum atomic E-state index is -0.661. The van der Waals surface area contributed by atoms with Crippen LogP contribution in [0.4, 0.5) is 0 Å². The monoisotopic (exact) mass is 366 g/mol. The van der Waals surface area contributed by atoms with Crippen LogP contribution < -0.4 is 11.1 Å². The van der Waals surface area contributed by atoms with E-state index in [4.69, 9.17) is 22.6 Å². The quantitative estimate of drug-likeness (QED) is 0.742. The number of nitrogens with two attached hydrogens (primary N) is 1. The SMILES string of the molecule is Cn1c(C(=O)NCc2ccc(C(N)=O)c(C#N)c2)cc2ccc(Cl)cc21. The number of primary amides is 1. The fourth-order valence-electron chi connectivity index (χ4n) is 2.80. The molecule has 0 unspecified atom stereocenters. The normalized spacial score (nSPS) is 10.5. The third kappa shape index (κ3) is 3.25. The number of rotatable bonds is 4. The highest BCUT2D eigenvalue weighted by molar-refractivity contribution is 6.31. The molecule has 0 bridgehead atoms. The van der Waals surface area contributed by atoms with Gasteiger partial charge in [0.2, 0.25) is 5.91 Å². The highest BCUT2D eigenvalue weighted by atomic mass is 35.5. The summed E-state index contributed by atoms with van der Waals surface area (Å²) in [4.78, 5) is 23.8. The van der Waals surface area contributed by atoms with Crippen molar-refractivity contribution >= 4 is 34.3 Å². The number of carbonyl (C=O) groups excluding carboxylic acids is 2. The van der Waals surface area contributed by atoms with E-state index in [1.165, 1.54) is 6.07 Å². The number of aryl methyl sites for hydroxylation is 1. The summed E-state index contributed by atoms with van der Waals surface area (Å²) in [6, 6.07) is 13.8. The van der Waals surface area contributed by atoms with Crippen molar-refractivity contribution in [1.82, 2.24) is 9.88 Å². The average molecular weight is 367 g/mol. The van der Waals surface area contributed by atoms with E-state index in [9.17, 15) is 9.59 Å². The first-order valence-electron chi connectivity index (χ1n) is 7.76. The number of halogens is 1. The minimum Gasteiger partial charge on any atom is -0.366 e. The molecule has 3 aromatic rings. The van der Waals surface area contributed by atoms with Gasteiger partial charge in [-0.3, -0.25) is 9.59 Å². The number of benzene rings is 2. The molecule has 0 spiro atoms. The fraction of sp³-hybridized carbons (Fsp3) is 0.105. The lowest BCUT2D eigenvalue weighted by Gasteiger charge is -2.08. The van der Waals surface area contributed by atoms with E-state index >= 15 is 0 Å². The van der Waals surface area contributed by atoms with Crippen molar-refractivity contribution in [3.05, 3.63) is 69.9 Å². The summed E-state index contributed by atoms with van der Waals surface area (Å²) in [5.74, 6) is -0.913. The molecule has 6 nitrogen and oxygen atoms in total. The van der Waals surface area contributed by atoms with Crippen molar-refractivity contribution in [2.24, 2.45) is 12.8 Å². The van der Waals surface area contributed by atoms with Crippen molar-refractivity contribution in [3.8, 4) is 6.07 Å². The molecule has 1 heterocycles. The van der Waals surface area contributed by atoms with Crippen LogP contribution in [0.15, 0.2) is 42.5 Å². The van der Waals surface area contributed by atoms with Crippen molar-refractivity contribution in [2.75, 3.05) is 0 Å². The molecule has 3 rings (SSSR count). The Kier molecular flexibility index (Phi) is 4.65. The van der Waals surface area contributed by atoms with Crippen LogP contribution in [0.25, 0.3) is 10.9 Å². The minimum absolute atomic E-state index is 0.160. The molecular formula is C19H15ClN4O2. The zero-order chi connectivity index (χ0) is 18.8. The maximum Gasteiger partial charge on any atom is 0.268 e. The Hall–Kier alpha value is -3.30. The molecular weight excluding hydrogens is 352 g/mol. The lowest BCUT2D eigenvalue weighted by Crippen LogP contribution is -2.25. The van der Waals surface area contributed by atoms with Gasteiger partial charge in [0.25, 0.3) is 5.91 Å². The van der Waals surface area contributed by atoms with Gasteiger partial charge in [0, 0.05) is 29.5 Å². The summed E-state index contributed by atoms with van der Waals surface area (Å²) in [6.07, 6.45) is 0. The molecule has 26 heavy (non-hydrogen) atoms. The molecule has 0 radical (unpaired) electrons. The number of nitrogens with one attached hydrogen (secondary N) is 1. The van der Waals surface area contributed by atoms with E-state index in [-0.39, 0.29) is 23.6 Å². The van der Waals surface area contributed by atoms with Gasteiger partial charge in [-0.1, -0.05) is 23.7 Å². The van der Waals surface area contributed by atoms with Crippen LogP contribution in [0.2, 0.25) is 5.02 Å². The Morgan fingerprint density at radius 1 is 1.23 bits per heavy atom. The molecule has 0 atom stereocenters. The highest BCUT2D eigenvalue weighted by Gasteiger charge is 2.14. The van der Waals surface area contributed by atoms with Crippen molar-refractivity contribution in [2.45, 2.75) is 6.54 Å². The van der Waals surface area contributed by atoms with E-state index in [1.807, 2.05) is 12.1 Å². The van der Waals surface area contributed by atoms with Crippen LogP contribution in [-0.4, -0.2) is 16.4 Å². The second kappa shape index (κ2) is 6.90. The predicted molar refractivity (Wildman–Crippen MR) is 98.8 cm³/mol. The molecule has 0 aliphatic rings. The van der Waals surface area contributed by atoms with E-state index in [0.717, 1.165) is 10.9 Å². The second-order valence-electron chi connectivity index (χ2n) is 5.83. The first-order chi connectivity index (χ1) is 12.4. The lowest BCUT2D eigenvalue weighted by molar-refractivity contribution is 0.0941. The van der Waals surface area contributed by atoms with E-state index in [2.05, 4.69) is 5.32 Å². The zero-order valence-corrected chi connectivity index (χ0v) is 14.7. The number of fused-ring (bicyclic) bond motifs is 1. The maximum absolute atomic E-state index is 12.5. The molecule has 0 saturated heterocycles. The molecule has 0 aliphatic carbocycles. The third-order valence-corrected chi connectivity index (χ3v) is 4.40. The van der Waals surface area contributed by atoms with Gasteiger partial charge in [-0.05, 0) is 35.9 Å². The fourth-order valence-corrected chi connectivity index (χ4v) is 2.97. The van der Waals surface area contributed by atoms with Gasteiger partial charge < -0.3 is 15.6 Å². The van der Waals surface area contributed by atoms with Crippen LogP contribution in [0, 0.1) is 11.3 Å². The van der Waals surface area contributed by atoms with Crippen molar-refractivity contribution < 1.29 is 9.59 Å². The number of amides is 2. The summed E-state index contributed by atoms with van der Waals surface area (Å²) >= 11 is 6.01.